The number of benzene rings is 2. The van der Waals surface area contributed by atoms with E-state index in [1.54, 1.807) is 7.05 Å². The Morgan fingerprint density at radius 3 is 2.22 bits per heavy atom. The van der Waals surface area contributed by atoms with Gasteiger partial charge in [-0.05, 0) is 48.2 Å². The van der Waals surface area contributed by atoms with Crippen molar-refractivity contribution in [3.63, 3.8) is 0 Å². The lowest BCUT2D eigenvalue weighted by Gasteiger charge is -2.17. The second-order valence-electron chi connectivity index (χ2n) is 6.81. The minimum atomic E-state index is -0.356. The van der Waals surface area contributed by atoms with Crippen LogP contribution >= 0.6 is 0 Å². The van der Waals surface area contributed by atoms with Gasteiger partial charge in [0.25, 0.3) is 11.8 Å². The van der Waals surface area contributed by atoms with Crippen LogP contribution in [0.25, 0.3) is 0 Å². The van der Waals surface area contributed by atoms with Crippen LogP contribution in [-0.2, 0) is 9.59 Å². The third-order valence-corrected chi connectivity index (χ3v) is 4.43. The molecule has 6 heteroatoms. The molecular formula is C21H27FN3O2+. The van der Waals surface area contributed by atoms with Crippen LogP contribution in [0.15, 0.2) is 48.5 Å². The Kier molecular flexibility index (Phi) is 7.49. The van der Waals surface area contributed by atoms with Crippen molar-refractivity contribution in [2.24, 2.45) is 0 Å². The van der Waals surface area contributed by atoms with Crippen molar-refractivity contribution in [1.82, 2.24) is 0 Å². The van der Waals surface area contributed by atoms with Crippen molar-refractivity contribution in [2.45, 2.75) is 26.2 Å². The van der Waals surface area contributed by atoms with E-state index in [-0.39, 0.29) is 30.7 Å². The molecule has 1 unspecified atom stereocenters. The molecule has 2 aromatic carbocycles. The monoisotopic (exact) mass is 372 g/mol. The predicted octanol–water partition coefficient (Wildman–Crippen LogP) is 2.43. The van der Waals surface area contributed by atoms with Gasteiger partial charge in [0, 0.05) is 11.4 Å². The van der Waals surface area contributed by atoms with E-state index in [9.17, 15) is 14.0 Å². The average molecular weight is 372 g/mol. The lowest BCUT2D eigenvalue weighted by molar-refractivity contribution is -0.862. The summed E-state index contributed by atoms with van der Waals surface area (Å²) in [5.41, 5.74) is 2.46. The van der Waals surface area contributed by atoms with Gasteiger partial charge in [0.05, 0.1) is 7.05 Å². The summed E-state index contributed by atoms with van der Waals surface area (Å²) in [5.74, 6) is -0.372. The number of carbonyl (C=O) groups is 2. The Morgan fingerprint density at radius 2 is 1.59 bits per heavy atom. The maximum absolute atomic E-state index is 12.9. The summed E-state index contributed by atoms with van der Waals surface area (Å²) < 4.78 is 12.9. The van der Waals surface area contributed by atoms with Gasteiger partial charge >= 0.3 is 0 Å². The van der Waals surface area contributed by atoms with E-state index in [0.717, 1.165) is 22.6 Å². The Hall–Kier alpha value is -2.73. The third-order valence-electron chi connectivity index (χ3n) is 4.43. The van der Waals surface area contributed by atoms with Gasteiger partial charge in [-0.15, -0.1) is 0 Å². The molecular weight excluding hydrogens is 345 g/mol. The molecule has 0 bridgehead atoms. The third kappa shape index (κ3) is 6.49. The summed E-state index contributed by atoms with van der Waals surface area (Å²) >= 11 is 0. The molecule has 0 heterocycles. The number of hydrogen-bond acceptors (Lipinski definition) is 2. The zero-order valence-corrected chi connectivity index (χ0v) is 16.0. The number of hydrogen-bond donors (Lipinski definition) is 3. The van der Waals surface area contributed by atoms with Crippen LogP contribution in [0.1, 0.15) is 31.7 Å². The molecule has 0 aromatic heterocycles. The Morgan fingerprint density at radius 1 is 1.00 bits per heavy atom. The second kappa shape index (κ2) is 9.83. The van der Waals surface area contributed by atoms with Crippen molar-refractivity contribution < 1.29 is 18.9 Å². The topological polar surface area (TPSA) is 62.6 Å². The number of quaternary nitrogens is 1. The van der Waals surface area contributed by atoms with Crippen LogP contribution in [0.2, 0.25) is 0 Å². The SMILES string of the molecule is CC[C@@H](C)c1ccccc1NC(=O)C[NH+](C)CC(=O)Nc1ccc(F)cc1. The zero-order chi connectivity index (χ0) is 19.8. The van der Waals surface area contributed by atoms with Crippen LogP contribution in [0.3, 0.4) is 0 Å². The number of para-hydroxylation sites is 1. The van der Waals surface area contributed by atoms with Crippen molar-refractivity contribution in [1.29, 1.82) is 0 Å². The highest BCUT2D eigenvalue weighted by Crippen LogP contribution is 2.26. The van der Waals surface area contributed by atoms with E-state index < -0.39 is 0 Å². The van der Waals surface area contributed by atoms with Crippen LogP contribution in [0.4, 0.5) is 15.8 Å². The van der Waals surface area contributed by atoms with E-state index in [0.29, 0.717) is 11.6 Å². The van der Waals surface area contributed by atoms with E-state index in [1.807, 2.05) is 24.3 Å². The smallest absolute Gasteiger partial charge is 0.279 e. The standard InChI is InChI=1S/C21H26FN3O2/c1-4-15(2)18-7-5-6-8-19(18)24-21(27)14-25(3)13-20(26)23-17-11-9-16(22)10-12-17/h5-12,15H,4,13-14H2,1-3H3,(H,23,26)(H,24,27)/p+1/t15-/m1/s1. The van der Waals surface area contributed by atoms with Crippen LogP contribution in [-0.4, -0.2) is 32.0 Å². The van der Waals surface area contributed by atoms with Crippen molar-refractivity contribution in [2.75, 3.05) is 30.8 Å². The number of carbonyl (C=O) groups excluding carboxylic acids is 2. The number of nitrogens with one attached hydrogen (secondary N) is 3. The number of likely N-dealkylation sites (N-methyl/N-ethyl adjacent to an activating group) is 1. The Balaban J connectivity index is 1.86. The molecule has 0 aliphatic carbocycles. The number of rotatable bonds is 8. The van der Waals surface area contributed by atoms with Crippen molar-refractivity contribution >= 4 is 23.2 Å². The number of amides is 2. The lowest BCUT2D eigenvalue weighted by Crippen LogP contribution is -3.11. The molecule has 144 valence electrons. The lowest BCUT2D eigenvalue weighted by atomic mass is 9.97. The molecule has 0 fully saturated rings. The fourth-order valence-corrected chi connectivity index (χ4v) is 2.80. The molecule has 2 amide bonds. The first kappa shape index (κ1) is 20.6. The van der Waals surface area contributed by atoms with Crippen LogP contribution in [0, 0.1) is 5.82 Å². The predicted molar refractivity (Wildman–Crippen MR) is 105 cm³/mol. The van der Waals surface area contributed by atoms with Gasteiger partial charge < -0.3 is 15.5 Å². The van der Waals surface area contributed by atoms with Gasteiger partial charge in [-0.25, -0.2) is 4.39 Å². The van der Waals surface area contributed by atoms with Crippen LogP contribution in [0.5, 0.6) is 0 Å². The highest BCUT2D eigenvalue weighted by atomic mass is 19.1. The van der Waals surface area contributed by atoms with E-state index in [1.165, 1.54) is 24.3 Å². The molecule has 2 aromatic rings. The molecule has 2 rings (SSSR count). The Labute approximate surface area is 159 Å². The van der Waals surface area contributed by atoms with Gasteiger partial charge in [-0.1, -0.05) is 32.0 Å². The summed E-state index contributed by atoms with van der Waals surface area (Å²) in [6, 6.07) is 13.4. The van der Waals surface area contributed by atoms with Gasteiger partial charge in [0.2, 0.25) is 0 Å². The molecule has 0 aliphatic heterocycles. The summed E-state index contributed by atoms with van der Waals surface area (Å²) in [6.07, 6.45) is 0.988. The molecule has 2 atom stereocenters. The van der Waals surface area contributed by atoms with Gasteiger partial charge in [0.15, 0.2) is 13.1 Å². The fraction of sp³-hybridized carbons (Fsp3) is 0.333. The first-order valence-corrected chi connectivity index (χ1v) is 9.14. The van der Waals surface area contributed by atoms with Crippen LogP contribution < -0.4 is 15.5 Å². The maximum atomic E-state index is 12.9. The first-order valence-electron chi connectivity index (χ1n) is 9.14. The van der Waals surface area contributed by atoms with Crippen molar-refractivity contribution in [3.05, 3.63) is 59.9 Å². The molecule has 0 radical (unpaired) electrons. The number of anilines is 2. The van der Waals surface area contributed by atoms with Crippen molar-refractivity contribution in [3.8, 4) is 0 Å². The maximum Gasteiger partial charge on any atom is 0.279 e. The van der Waals surface area contributed by atoms with E-state index in [4.69, 9.17) is 0 Å². The molecule has 0 saturated heterocycles. The molecule has 0 saturated carbocycles. The minimum Gasteiger partial charge on any atom is -0.322 e. The fourth-order valence-electron chi connectivity index (χ4n) is 2.80. The average Bonchev–Trinajstić information content (AvgIpc) is 2.63. The molecule has 0 aliphatic rings. The molecule has 5 nitrogen and oxygen atoms in total. The number of halogens is 1. The normalized spacial score (nSPS) is 12.9. The van der Waals surface area contributed by atoms with Gasteiger partial charge in [-0.2, -0.15) is 0 Å². The van der Waals surface area contributed by atoms with Gasteiger partial charge in [0.1, 0.15) is 5.82 Å². The highest BCUT2D eigenvalue weighted by molar-refractivity contribution is 5.93. The molecule has 3 N–H and O–H groups in total. The van der Waals surface area contributed by atoms with Gasteiger partial charge in [-0.3, -0.25) is 9.59 Å². The first-order chi connectivity index (χ1) is 12.9. The summed E-state index contributed by atoms with van der Waals surface area (Å²) in [7, 11) is 1.78. The molecule has 27 heavy (non-hydrogen) atoms. The van der Waals surface area contributed by atoms with E-state index >= 15 is 0 Å². The summed E-state index contributed by atoms with van der Waals surface area (Å²) in [6.45, 7) is 4.55. The second-order valence-corrected chi connectivity index (χ2v) is 6.81. The highest BCUT2D eigenvalue weighted by Gasteiger charge is 2.16. The quantitative estimate of drug-likeness (QED) is 0.666. The Bertz CT molecular complexity index is 777. The molecule has 0 spiro atoms. The summed E-state index contributed by atoms with van der Waals surface area (Å²) in [5, 5.41) is 5.65. The zero-order valence-electron chi connectivity index (χ0n) is 16.0. The largest absolute Gasteiger partial charge is 0.322 e. The minimum absolute atomic E-state index is 0.137. The summed E-state index contributed by atoms with van der Waals surface area (Å²) in [4.78, 5) is 25.2. The van der Waals surface area contributed by atoms with E-state index in [2.05, 4.69) is 24.5 Å².